The Kier molecular flexibility index (Phi) is 6.98. The van der Waals surface area contributed by atoms with Gasteiger partial charge in [0.1, 0.15) is 11.1 Å². The maximum atomic E-state index is 12.7. The van der Waals surface area contributed by atoms with Crippen LogP contribution in [-0.4, -0.2) is 53.4 Å². The minimum absolute atomic E-state index is 0.0471. The summed E-state index contributed by atoms with van der Waals surface area (Å²) in [6.07, 6.45) is 3.06. The highest BCUT2D eigenvalue weighted by Crippen LogP contribution is 2.23. The molecule has 8 nitrogen and oxygen atoms in total. The number of esters is 1. The van der Waals surface area contributed by atoms with E-state index in [1.54, 1.807) is 37.4 Å². The number of halogens is 2. The Hall–Kier alpha value is -3.02. The van der Waals surface area contributed by atoms with Crippen molar-refractivity contribution < 1.29 is 9.53 Å². The smallest absolute Gasteiger partial charge is 0.350 e. The Balaban J connectivity index is 1.75. The Morgan fingerprint density at radius 1 is 1.30 bits per heavy atom. The van der Waals surface area contributed by atoms with E-state index in [1.165, 1.54) is 10.9 Å². The lowest BCUT2D eigenvalue weighted by molar-refractivity contribution is -0.138. The van der Waals surface area contributed by atoms with Crippen molar-refractivity contribution in [3.63, 3.8) is 0 Å². The number of rotatable bonds is 5. The lowest BCUT2D eigenvalue weighted by Crippen LogP contribution is -2.45. The van der Waals surface area contributed by atoms with Crippen LogP contribution >= 0.6 is 23.2 Å². The molecule has 1 aliphatic heterocycles. The van der Waals surface area contributed by atoms with E-state index in [2.05, 4.69) is 5.10 Å². The van der Waals surface area contributed by atoms with E-state index in [0.29, 0.717) is 42.6 Å². The number of carbonyl (C=O) groups excluding carboxylic acids is 1. The second kappa shape index (κ2) is 9.65. The summed E-state index contributed by atoms with van der Waals surface area (Å²) < 4.78 is 6.08. The molecule has 156 valence electrons. The molecule has 0 bridgehead atoms. The lowest BCUT2D eigenvalue weighted by Gasteiger charge is -2.35. The number of benzene rings is 1. The van der Waals surface area contributed by atoms with E-state index in [9.17, 15) is 9.59 Å². The highest BCUT2D eigenvalue weighted by molar-refractivity contribution is 6.33. The molecule has 10 heteroatoms. The Bertz CT molecular complexity index is 1070. The van der Waals surface area contributed by atoms with Gasteiger partial charge in [0.15, 0.2) is 5.57 Å². The molecule has 0 radical (unpaired) electrons. The predicted octanol–water partition coefficient (Wildman–Crippen LogP) is 2.63. The number of ether oxygens (including phenoxy) is 1. The topological polar surface area (TPSA) is 91.5 Å². The quantitative estimate of drug-likeness (QED) is 0.395. The number of aromatic nitrogens is 2. The average Bonchev–Trinajstić information content (AvgIpc) is 2.74. The molecule has 0 N–H and O–H groups in total. The number of nitrogens with zero attached hydrogens (tertiary/aromatic N) is 5. The van der Waals surface area contributed by atoms with E-state index in [-0.39, 0.29) is 17.2 Å². The first kappa shape index (κ1) is 21.7. The van der Waals surface area contributed by atoms with Gasteiger partial charge >= 0.3 is 5.97 Å². The van der Waals surface area contributed by atoms with Crippen LogP contribution in [0.4, 0.5) is 5.69 Å². The Morgan fingerprint density at radius 2 is 2.03 bits per heavy atom. The molecule has 1 saturated heterocycles. The summed E-state index contributed by atoms with van der Waals surface area (Å²) >= 11 is 12.4. The van der Waals surface area contributed by atoms with Gasteiger partial charge in [0.05, 0.1) is 24.2 Å². The van der Waals surface area contributed by atoms with Gasteiger partial charge in [0, 0.05) is 37.4 Å². The van der Waals surface area contributed by atoms with E-state index in [4.69, 9.17) is 33.2 Å². The number of piperazine rings is 1. The van der Waals surface area contributed by atoms with Crippen LogP contribution in [0.2, 0.25) is 10.0 Å². The van der Waals surface area contributed by atoms with Gasteiger partial charge in [0.2, 0.25) is 0 Å². The molecule has 30 heavy (non-hydrogen) atoms. The van der Waals surface area contributed by atoms with Crippen LogP contribution < -0.4 is 10.5 Å². The number of hydrogen-bond donors (Lipinski definition) is 0. The van der Waals surface area contributed by atoms with Crippen molar-refractivity contribution in [2.45, 2.75) is 6.92 Å². The van der Waals surface area contributed by atoms with E-state index in [0.717, 1.165) is 0 Å². The first-order valence-corrected chi connectivity index (χ1v) is 10.0. The Morgan fingerprint density at radius 3 is 2.67 bits per heavy atom. The van der Waals surface area contributed by atoms with Gasteiger partial charge < -0.3 is 14.5 Å². The molecule has 0 amide bonds. The molecular formula is C20H19Cl2N5O3. The SMILES string of the molecule is CCOC(=O)C(C#N)=CN1CCN(c2cnn(-c3cccc(Cl)c3)c(=O)c2Cl)CC1. The third-order valence-corrected chi connectivity index (χ3v) is 5.13. The van der Waals surface area contributed by atoms with Crippen LogP contribution in [0.15, 0.2) is 47.0 Å². The van der Waals surface area contributed by atoms with Gasteiger partial charge in [-0.3, -0.25) is 4.79 Å². The van der Waals surface area contributed by atoms with Gasteiger partial charge in [-0.1, -0.05) is 29.3 Å². The lowest BCUT2D eigenvalue weighted by atomic mass is 10.2. The first-order valence-electron chi connectivity index (χ1n) is 9.26. The van der Waals surface area contributed by atoms with Crippen molar-refractivity contribution in [3.8, 4) is 11.8 Å². The second-order valence-electron chi connectivity index (χ2n) is 6.44. The van der Waals surface area contributed by atoms with Crippen LogP contribution in [0.25, 0.3) is 5.69 Å². The van der Waals surface area contributed by atoms with E-state index < -0.39 is 11.5 Å². The molecule has 1 fully saturated rings. The highest BCUT2D eigenvalue weighted by atomic mass is 35.5. The van der Waals surface area contributed by atoms with Crippen LogP contribution in [0.3, 0.4) is 0 Å². The van der Waals surface area contributed by atoms with Gasteiger partial charge in [-0.15, -0.1) is 0 Å². The predicted molar refractivity (Wildman–Crippen MR) is 114 cm³/mol. The monoisotopic (exact) mass is 447 g/mol. The second-order valence-corrected chi connectivity index (χ2v) is 7.25. The number of anilines is 1. The zero-order valence-electron chi connectivity index (χ0n) is 16.2. The minimum atomic E-state index is -0.640. The molecule has 0 atom stereocenters. The molecule has 2 heterocycles. The van der Waals surface area contributed by atoms with Gasteiger partial charge in [-0.05, 0) is 25.1 Å². The van der Waals surface area contributed by atoms with Crippen molar-refractivity contribution in [2.75, 3.05) is 37.7 Å². The van der Waals surface area contributed by atoms with Crippen molar-refractivity contribution in [1.29, 1.82) is 5.26 Å². The van der Waals surface area contributed by atoms with E-state index in [1.807, 2.05) is 15.9 Å². The summed E-state index contributed by atoms with van der Waals surface area (Å²) in [5, 5.41) is 14.0. The first-order chi connectivity index (χ1) is 14.4. The normalized spacial score (nSPS) is 14.4. The molecular weight excluding hydrogens is 429 g/mol. The molecule has 0 saturated carbocycles. The summed E-state index contributed by atoms with van der Waals surface area (Å²) in [7, 11) is 0. The van der Waals surface area contributed by atoms with Crippen LogP contribution in [0.1, 0.15) is 6.92 Å². The number of nitriles is 1. The maximum Gasteiger partial charge on any atom is 0.350 e. The summed E-state index contributed by atoms with van der Waals surface area (Å²) in [4.78, 5) is 28.3. The largest absolute Gasteiger partial charge is 0.462 e. The highest BCUT2D eigenvalue weighted by Gasteiger charge is 2.22. The van der Waals surface area contributed by atoms with Gasteiger partial charge in [0.25, 0.3) is 5.56 Å². The molecule has 1 aromatic carbocycles. The van der Waals surface area contributed by atoms with Crippen molar-refractivity contribution in [3.05, 3.63) is 62.6 Å². The zero-order valence-corrected chi connectivity index (χ0v) is 17.7. The van der Waals surface area contributed by atoms with Crippen LogP contribution in [-0.2, 0) is 9.53 Å². The summed E-state index contributed by atoms with van der Waals surface area (Å²) in [6.45, 7) is 4.05. The van der Waals surface area contributed by atoms with E-state index >= 15 is 0 Å². The van der Waals surface area contributed by atoms with Gasteiger partial charge in [-0.2, -0.15) is 15.0 Å². The fraction of sp³-hybridized carbons (Fsp3) is 0.300. The number of carbonyl (C=O) groups is 1. The maximum absolute atomic E-state index is 12.7. The molecule has 1 aromatic heterocycles. The zero-order chi connectivity index (χ0) is 21.7. The minimum Gasteiger partial charge on any atom is -0.462 e. The standard InChI is InChI=1S/C20H19Cl2N5O3/c1-2-30-20(29)14(11-23)13-25-6-8-26(9-7-25)17-12-24-27(19(28)18(17)22)16-5-3-4-15(21)10-16/h3-5,10,12-13H,2,6-9H2,1H3. The van der Waals surface area contributed by atoms with Crippen LogP contribution in [0.5, 0.6) is 0 Å². The fourth-order valence-electron chi connectivity index (χ4n) is 3.05. The molecule has 2 aromatic rings. The Labute approximate surface area is 183 Å². The van der Waals surface area contributed by atoms with Gasteiger partial charge in [-0.25, -0.2) is 4.79 Å². The number of hydrogen-bond acceptors (Lipinski definition) is 7. The summed E-state index contributed by atoms with van der Waals surface area (Å²) in [5.74, 6) is -0.640. The van der Waals surface area contributed by atoms with Crippen LogP contribution in [0, 0.1) is 11.3 Å². The summed E-state index contributed by atoms with van der Waals surface area (Å²) in [5.41, 5.74) is 0.579. The van der Waals surface area contributed by atoms with Crippen molar-refractivity contribution in [2.24, 2.45) is 0 Å². The summed E-state index contributed by atoms with van der Waals surface area (Å²) in [6, 6.07) is 8.65. The van der Waals surface area contributed by atoms with Crippen molar-refractivity contribution in [1.82, 2.24) is 14.7 Å². The molecule has 0 spiro atoms. The molecule has 0 aliphatic carbocycles. The molecule has 1 aliphatic rings. The third kappa shape index (κ3) is 4.75. The van der Waals surface area contributed by atoms with Crippen molar-refractivity contribution >= 4 is 34.9 Å². The fourth-order valence-corrected chi connectivity index (χ4v) is 3.48. The molecule has 0 unspecified atom stereocenters. The third-order valence-electron chi connectivity index (χ3n) is 4.54. The molecule has 3 rings (SSSR count). The average molecular weight is 448 g/mol.